The summed E-state index contributed by atoms with van der Waals surface area (Å²) in [6.45, 7) is 0. The first-order valence-electron chi connectivity index (χ1n) is 4.33. The molecule has 0 aromatic carbocycles. The number of carbonyl (C=O) groups excluding carboxylic acids is 2. The smallest absolute Gasteiger partial charge is 0.438 e. The highest BCUT2D eigenvalue weighted by Crippen LogP contribution is 2.29. The average Bonchev–Trinajstić information content (AvgIpc) is 2.66. The maximum atomic E-state index is 10.9. The fraction of sp³-hybridized carbons (Fsp3) is 0.556. The normalized spacial score (nSPS) is 16.9. The lowest BCUT2D eigenvalue weighted by Crippen LogP contribution is -2.36. The molecule has 0 aromatic heterocycles. The Bertz CT molecular complexity index is 264. The van der Waals surface area contributed by atoms with Crippen molar-refractivity contribution in [1.29, 1.82) is 0 Å². The standard InChI is InChI=1S/C9H12O6/c1-12-7(10)14-9(5-3-4-6-9)15-8(11)13-2/h3,5H,4,6H2,1-2H3. The first kappa shape index (κ1) is 11.4. The molecule has 0 saturated carbocycles. The molecule has 0 atom stereocenters. The summed E-state index contributed by atoms with van der Waals surface area (Å²) in [5, 5.41) is 0. The van der Waals surface area contributed by atoms with E-state index in [1.165, 1.54) is 20.3 Å². The Kier molecular flexibility index (Phi) is 3.54. The third-order valence-electron chi connectivity index (χ3n) is 1.88. The Morgan fingerprint density at radius 3 is 2.00 bits per heavy atom. The van der Waals surface area contributed by atoms with Crippen molar-refractivity contribution in [2.24, 2.45) is 0 Å². The molecule has 0 saturated heterocycles. The van der Waals surface area contributed by atoms with Gasteiger partial charge in [-0.15, -0.1) is 0 Å². The molecule has 1 aliphatic carbocycles. The average molecular weight is 216 g/mol. The summed E-state index contributed by atoms with van der Waals surface area (Å²) >= 11 is 0. The van der Waals surface area contributed by atoms with Crippen LogP contribution >= 0.6 is 0 Å². The molecule has 1 rings (SSSR count). The minimum absolute atomic E-state index is 0.358. The summed E-state index contributed by atoms with van der Waals surface area (Å²) in [6.07, 6.45) is 2.41. The van der Waals surface area contributed by atoms with Gasteiger partial charge in [0, 0.05) is 6.42 Å². The fourth-order valence-corrected chi connectivity index (χ4v) is 1.19. The lowest BCUT2D eigenvalue weighted by atomic mass is 10.2. The van der Waals surface area contributed by atoms with Gasteiger partial charge in [-0.05, 0) is 12.5 Å². The molecule has 6 heteroatoms. The van der Waals surface area contributed by atoms with Gasteiger partial charge in [0.25, 0.3) is 5.79 Å². The summed E-state index contributed by atoms with van der Waals surface area (Å²) in [7, 11) is 2.35. The molecule has 84 valence electrons. The van der Waals surface area contributed by atoms with Gasteiger partial charge in [0.15, 0.2) is 0 Å². The summed E-state index contributed by atoms with van der Waals surface area (Å²) in [4.78, 5) is 21.9. The molecule has 0 N–H and O–H groups in total. The molecule has 0 heterocycles. The van der Waals surface area contributed by atoms with E-state index in [2.05, 4.69) is 9.47 Å². The van der Waals surface area contributed by atoms with Crippen LogP contribution in [0.5, 0.6) is 0 Å². The topological polar surface area (TPSA) is 71.1 Å². The van der Waals surface area contributed by atoms with Crippen molar-refractivity contribution in [1.82, 2.24) is 0 Å². The van der Waals surface area contributed by atoms with Crippen LogP contribution in [0.25, 0.3) is 0 Å². The Labute approximate surface area is 86.7 Å². The number of methoxy groups -OCH3 is 2. The SMILES string of the molecule is COC(=O)OC1(OC(=O)OC)C=CCC1. The maximum Gasteiger partial charge on any atom is 0.511 e. The summed E-state index contributed by atoms with van der Waals surface area (Å²) < 4.78 is 18.3. The van der Waals surface area contributed by atoms with Crippen molar-refractivity contribution < 1.29 is 28.5 Å². The van der Waals surface area contributed by atoms with Crippen molar-refractivity contribution >= 4 is 12.3 Å². The largest absolute Gasteiger partial charge is 0.511 e. The van der Waals surface area contributed by atoms with Crippen molar-refractivity contribution in [2.75, 3.05) is 14.2 Å². The fourth-order valence-electron chi connectivity index (χ4n) is 1.19. The highest BCUT2D eigenvalue weighted by Gasteiger charge is 2.39. The van der Waals surface area contributed by atoms with Gasteiger partial charge in [-0.25, -0.2) is 9.59 Å². The predicted molar refractivity (Wildman–Crippen MR) is 48.1 cm³/mol. The molecule has 1 aliphatic rings. The minimum atomic E-state index is -1.39. The van der Waals surface area contributed by atoms with Crippen LogP contribution in [0.4, 0.5) is 9.59 Å². The first-order chi connectivity index (χ1) is 7.12. The molecular formula is C9H12O6. The van der Waals surface area contributed by atoms with E-state index in [1.54, 1.807) is 6.08 Å². The Morgan fingerprint density at radius 1 is 1.13 bits per heavy atom. The van der Waals surface area contributed by atoms with Crippen molar-refractivity contribution in [3.05, 3.63) is 12.2 Å². The van der Waals surface area contributed by atoms with Gasteiger partial charge in [0.1, 0.15) is 0 Å². The van der Waals surface area contributed by atoms with Crippen molar-refractivity contribution in [2.45, 2.75) is 18.6 Å². The van der Waals surface area contributed by atoms with Crippen LogP contribution in [0.1, 0.15) is 12.8 Å². The van der Waals surface area contributed by atoms with Crippen LogP contribution in [0, 0.1) is 0 Å². The molecule has 6 nitrogen and oxygen atoms in total. The van der Waals surface area contributed by atoms with Gasteiger partial charge in [0.2, 0.25) is 0 Å². The molecular weight excluding hydrogens is 204 g/mol. The second-order valence-corrected chi connectivity index (χ2v) is 2.87. The molecule has 0 radical (unpaired) electrons. The van der Waals surface area contributed by atoms with Crippen molar-refractivity contribution in [3.8, 4) is 0 Å². The lowest BCUT2D eigenvalue weighted by molar-refractivity contribution is -0.153. The quantitative estimate of drug-likeness (QED) is 0.396. The predicted octanol–water partition coefficient (Wildman–Crippen LogP) is 1.60. The monoisotopic (exact) mass is 216 g/mol. The number of carbonyl (C=O) groups is 2. The van der Waals surface area contributed by atoms with E-state index in [9.17, 15) is 9.59 Å². The van der Waals surface area contributed by atoms with Crippen LogP contribution in [-0.4, -0.2) is 32.3 Å². The summed E-state index contributed by atoms with van der Waals surface area (Å²) in [5.41, 5.74) is 0. The van der Waals surface area contributed by atoms with E-state index < -0.39 is 18.1 Å². The highest BCUT2D eigenvalue weighted by atomic mass is 16.8. The van der Waals surface area contributed by atoms with Crippen LogP contribution in [0.15, 0.2) is 12.2 Å². The van der Waals surface area contributed by atoms with Crippen LogP contribution in [-0.2, 0) is 18.9 Å². The van der Waals surface area contributed by atoms with E-state index >= 15 is 0 Å². The second kappa shape index (κ2) is 4.68. The van der Waals surface area contributed by atoms with E-state index in [0.29, 0.717) is 12.8 Å². The number of rotatable bonds is 2. The molecule has 15 heavy (non-hydrogen) atoms. The number of hydrogen-bond donors (Lipinski definition) is 0. The molecule has 0 aromatic rings. The lowest BCUT2D eigenvalue weighted by Gasteiger charge is -2.25. The van der Waals surface area contributed by atoms with Gasteiger partial charge in [-0.1, -0.05) is 6.08 Å². The zero-order valence-electron chi connectivity index (χ0n) is 8.52. The zero-order valence-corrected chi connectivity index (χ0v) is 8.52. The molecule has 0 amide bonds. The van der Waals surface area contributed by atoms with E-state index in [1.807, 2.05) is 0 Å². The number of allylic oxidation sites excluding steroid dienone is 1. The molecule has 0 unspecified atom stereocenters. The van der Waals surface area contributed by atoms with Crippen LogP contribution < -0.4 is 0 Å². The first-order valence-corrected chi connectivity index (χ1v) is 4.33. The molecule has 0 aliphatic heterocycles. The van der Waals surface area contributed by atoms with Gasteiger partial charge >= 0.3 is 12.3 Å². The van der Waals surface area contributed by atoms with E-state index in [0.717, 1.165) is 0 Å². The van der Waals surface area contributed by atoms with E-state index in [4.69, 9.17) is 9.47 Å². The second-order valence-electron chi connectivity index (χ2n) is 2.87. The number of ether oxygens (including phenoxy) is 4. The van der Waals surface area contributed by atoms with Crippen LogP contribution in [0.3, 0.4) is 0 Å². The Hall–Kier alpha value is -1.72. The van der Waals surface area contributed by atoms with E-state index in [-0.39, 0.29) is 0 Å². The van der Waals surface area contributed by atoms with Crippen molar-refractivity contribution in [3.63, 3.8) is 0 Å². The maximum absolute atomic E-state index is 10.9. The summed E-state index contributed by atoms with van der Waals surface area (Å²) in [6, 6.07) is 0. The number of hydrogen-bond acceptors (Lipinski definition) is 6. The third kappa shape index (κ3) is 2.87. The Balaban J connectivity index is 2.66. The van der Waals surface area contributed by atoms with Gasteiger partial charge in [0.05, 0.1) is 14.2 Å². The van der Waals surface area contributed by atoms with Crippen LogP contribution in [0.2, 0.25) is 0 Å². The van der Waals surface area contributed by atoms with Gasteiger partial charge in [-0.2, -0.15) is 0 Å². The van der Waals surface area contributed by atoms with Gasteiger partial charge in [-0.3, -0.25) is 0 Å². The molecule has 0 spiro atoms. The molecule has 0 bridgehead atoms. The minimum Gasteiger partial charge on any atom is -0.438 e. The highest BCUT2D eigenvalue weighted by molar-refractivity contribution is 5.63. The third-order valence-corrected chi connectivity index (χ3v) is 1.88. The Morgan fingerprint density at radius 2 is 1.67 bits per heavy atom. The zero-order chi connectivity index (χ0) is 11.3. The summed E-state index contributed by atoms with van der Waals surface area (Å²) in [5.74, 6) is -1.39. The molecule has 0 fully saturated rings. The van der Waals surface area contributed by atoms with Gasteiger partial charge < -0.3 is 18.9 Å².